The van der Waals surface area contributed by atoms with Crippen LogP contribution in [0.3, 0.4) is 0 Å². The molecule has 5 heteroatoms. The van der Waals surface area contributed by atoms with Gasteiger partial charge in [-0.1, -0.05) is 18.2 Å². The van der Waals surface area contributed by atoms with E-state index in [9.17, 15) is 0 Å². The molecule has 0 aliphatic carbocycles. The van der Waals surface area contributed by atoms with Crippen LogP contribution in [0.15, 0.2) is 55.0 Å². The lowest BCUT2D eigenvalue weighted by Crippen LogP contribution is -1.92. The number of hydrogen-bond acceptors (Lipinski definition) is 3. The molecule has 21 heavy (non-hydrogen) atoms. The topological polar surface area (TPSA) is 59.4 Å². The average Bonchev–Trinajstić information content (AvgIpc) is 3.15. The van der Waals surface area contributed by atoms with Gasteiger partial charge in [0.25, 0.3) is 0 Å². The Bertz CT molecular complexity index is 905. The first-order valence-corrected chi connectivity index (χ1v) is 6.73. The monoisotopic (exact) mass is 275 g/mol. The maximum atomic E-state index is 4.53. The van der Waals surface area contributed by atoms with Crippen LogP contribution < -0.4 is 0 Å². The summed E-state index contributed by atoms with van der Waals surface area (Å²) in [5.41, 5.74) is 4.80. The Morgan fingerprint density at radius 2 is 1.95 bits per heavy atom. The van der Waals surface area contributed by atoms with Crippen LogP contribution in [-0.2, 0) is 0 Å². The Morgan fingerprint density at radius 3 is 2.76 bits per heavy atom. The number of aryl methyl sites for hydroxylation is 1. The highest BCUT2D eigenvalue weighted by atomic mass is 15.3. The van der Waals surface area contributed by atoms with Crippen molar-refractivity contribution in [1.29, 1.82) is 0 Å². The SMILES string of the molecule is Cc1ccnc2nc(-c3cnn(-c4ccccc4)c3)[nH]c12. The van der Waals surface area contributed by atoms with Crippen molar-refractivity contribution in [3.8, 4) is 17.1 Å². The Balaban J connectivity index is 1.79. The third-order valence-corrected chi connectivity index (χ3v) is 3.48. The molecule has 0 saturated carbocycles. The van der Waals surface area contributed by atoms with Crippen molar-refractivity contribution in [2.75, 3.05) is 0 Å². The van der Waals surface area contributed by atoms with Crippen molar-refractivity contribution in [2.45, 2.75) is 6.92 Å². The Hall–Kier alpha value is -2.95. The second kappa shape index (κ2) is 4.56. The predicted octanol–water partition coefficient (Wildman–Crippen LogP) is 3.12. The van der Waals surface area contributed by atoms with Crippen molar-refractivity contribution in [3.05, 3.63) is 60.6 Å². The lowest BCUT2D eigenvalue weighted by atomic mass is 10.3. The van der Waals surface area contributed by atoms with Gasteiger partial charge in [0.1, 0.15) is 5.82 Å². The fourth-order valence-electron chi connectivity index (χ4n) is 2.34. The molecule has 3 heterocycles. The van der Waals surface area contributed by atoms with E-state index < -0.39 is 0 Å². The van der Waals surface area contributed by atoms with Crippen LogP contribution in [0.2, 0.25) is 0 Å². The number of H-pyrrole nitrogens is 1. The summed E-state index contributed by atoms with van der Waals surface area (Å²) < 4.78 is 1.84. The van der Waals surface area contributed by atoms with Gasteiger partial charge < -0.3 is 4.98 Å². The van der Waals surface area contributed by atoms with Gasteiger partial charge in [-0.3, -0.25) is 0 Å². The Morgan fingerprint density at radius 1 is 1.10 bits per heavy atom. The van der Waals surface area contributed by atoms with E-state index in [1.807, 2.05) is 54.2 Å². The summed E-state index contributed by atoms with van der Waals surface area (Å²) in [5.74, 6) is 0.786. The summed E-state index contributed by atoms with van der Waals surface area (Å²) >= 11 is 0. The molecule has 1 N–H and O–H groups in total. The maximum absolute atomic E-state index is 4.53. The molecule has 0 bridgehead atoms. The fraction of sp³-hybridized carbons (Fsp3) is 0.0625. The Labute approximate surface area is 121 Å². The molecule has 0 radical (unpaired) electrons. The number of nitrogens with one attached hydrogen (secondary N) is 1. The highest BCUT2D eigenvalue weighted by Gasteiger charge is 2.10. The third-order valence-electron chi connectivity index (χ3n) is 3.48. The van der Waals surface area contributed by atoms with Crippen LogP contribution in [0, 0.1) is 6.92 Å². The van der Waals surface area contributed by atoms with Gasteiger partial charge in [0, 0.05) is 12.4 Å². The minimum atomic E-state index is 0.734. The smallest absolute Gasteiger partial charge is 0.178 e. The third kappa shape index (κ3) is 1.99. The van der Waals surface area contributed by atoms with Crippen LogP contribution in [-0.4, -0.2) is 24.7 Å². The number of aromatic nitrogens is 5. The van der Waals surface area contributed by atoms with Gasteiger partial charge in [-0.15, -0.1) is 0 Å². The predicted molar refractivity (Wildman–Crippen MR) is 81.2 cm³/mol. The van der Waals surface area contributed by atoms with Crippen molar-refractivity contribution < 1.29 is 0 Å². The van der Waals surface area contributed by atoms with Crippen LogP contribution >= 0.6 is 0 Å². The number of hydrogen-bond donors (Lipinski definition) is 1. The first-order valence-electron chi connectivity index (χ1n) is 6.73. The van der Waals surface area contributed by atoms with E-state index in [1.54, 1.807) is 12.4 Å². The molecule has 5 nitrogen and oxygen atoms in total. The molecule has 0 aliphatic heterocycles. The summed E-state index contributed by atoms with van der Waals surface area (Å²) in [6, 6.07) is 12.0. The van der Waals surface area contributed by atoms with Gasteiger partial charge in [-0.05, 0) is 30.7 Å². The van der Waals surface area contributed by atoms with E-state index in [1.165, 1.54) is 0 Å². The number of nitrogens with zero attached hydrogens (tertiary/aromatic N) is 4. The number of para-hydroxylation sites is 1. The Kier molecular flexibility index (Phi) is 2.57. The van der Waals surface area contributed by atoms with Gasteiger partial charge in [0.05, 0.1) is 23.0 Å². The molecule has 102 valence electrons. The minimum Gasteiger partial charge on any atom is -0.336 e. The summed E-state index contributed by atoms with van der Waals surface area (Å²) in [7, 11) is 0. The molecule has 3 aromatic heterocycles. The minimum absolute atomic E-state index is 0.734. The molecule has 0 saturated heterocycles. The fourth-order valence-corrected chi connectivity index (χ4v) is 2.34. The van der Waals surface area contributed by atoms with Gasteiger partial charge in [0.15, 0.2) is 5.65 Å². The van der Waals surface area contributed by atoms with Crippen LogP contribution in [0.4, 0.5) is 0 Å². The second-order valence-electron chi connectivity index (χ2n) is 4.92. The molecule has 0 amide bonds. The molecular weight excluding hydrogens is 262 g/mol. The molecule has 4 aromatic rings. The van der Waals surface area contributed by atoms with Crippen molar-refractivity contribution in [1.82, 2.24) is 24.7 Å². The maximum Gasteiger partial charge on any atom is 0.178 e. The molecular formula is C16H13N5. The van der Waals surface area contributed by atoms with Gasteiger partial charge in [0.2, 0.25) is 0 Å². The molecule has 0 atom stereocenters. The average molecular weight is 275 g/mol. The first-order chi connectivity index (χ1) is 10.3. The zero-order chi connectivity index (χ0) is 14.2. The van der Waals surface area contributed by atoms with Crippen molar-refractivity contribution in [2.24, 2.45) is 0 Å². The van der Waals surface area contributed by atoms with Gasteiger partial charge in [-0.2, -0.15) is 5.10 Å². The quantitative estimate of drug-likeness (QED) is 0.611. The number of imidazole rings is 1. The summed E-state index contributed by atoms with van der Waals surface area (Å²) in [6.07, 6.45) is 5.54. The van der Waals surface area contributed by atoms with Gasteiger partial charge in [-0.25, -0.2) is 14.6 Å². The van der Waals surface area contributed by atoms with E-state index in [-0.39, 0.29) is 0 Å². The normalized spacial score (nSPS) is 11.1. The number of aromatic amines is 1. The molecule has 0 spiro atoms. The van der Waals surface area contributed by atoms with Crippen molar-refractivity contribution in [3.63, 3.8) is 0 Å². The van der Waals surface area contributed by atoms with Crippen LogP contribution in [0.25, 0.3) is 28.2 Å². The molecule has 4 rings (SSSR count). The van der Waals surface area contributed by atoms with E-state index in [0.29, 0.717) is 0 Å². The van der Waals surface area contributed by atoms with Crippen LogP contribution in [0.1, 0.15) is 5.56 Å². The van der Waals surface area contributed by atoms with Crippen molar-refractivity contribution >= 4 is 11.2 Å². The standard InChI is InChI=1S/C16H13N5/c1-11-7-8-17-16-14(11)19-15(20-16)12-9-18-21(10-12)13-5-3-2-4-6-13/h2-10H,1H3,(H,17,19,20). The zero-order valence-electron chi connectivity index (χ0n) is 11.5. The molecule has 0 unspecified atom stereocenters. The van der Waals surface area contributed by atoms with E-state index >= 15 is 0 Å². The summed E-state index contributed by atoms with van der Waals surface area (Å²) in [4.78, 5) is 12.1. The largest absolute Gasteiger partial charge is 0.336 e. The lowest BCUT2D eigenvalue weighted by molar-refractivity contribution is 0.880. The number of pyridine rings is 1. The lowest BCUT2D eigenvalue weighted by Gasteiger charge is -1.98. The highest BCUT2D eigenvalue weighted by Crippen LogP contribution is 2.21. The van der Waals surface area contributed by atoms with E-state index in [0.717, 1.165) is 33.8 Å². The molecule has 0 aliphatic rings. The van der Waals surface area contributed by atoms with E-state index in [4.69, 9.17) is 0 Å². The van der Waals surface area contributed by atoms with Crippen LogP contribution in [0.5, 0.6) is 0 Å². The second-order valence-corrected chi connectivity index (χ2v) is 4.92. The summed E-state index contributed by atoms with van der Waals surface area (Å²) in [5, 5.41) is 4.39. The zero-order valence-corrected chi connectivity index (χ0v) is 11.5. The summed E-state index contributed by atoms with van der Waals surface area (Å²) in [6.45, 7) is 2.04. The van der Waals surface area contributed by atoms with E-state index in [2.05, 4.69) is 20.1 Å². The first kappa shape index (κ1) is 11.8. The van der Waals surface area contributed by atoms with Gasteiger partial charge >= 0.3 is 0 Å². The molecule has 1 aromatic carbocycles. The molecule has 0 fully saturated rings. The highest BCUT2D eigenvalue weighted by molar-refractivity contribution is 5.78. The number of fused-ring (bicyclic) bond motifs is 1. The number of benzene rings is 1. The number of rotatable bonds is 2.